The van der Waals surface area contributed by atoms with Crippen LogP contribution in [0.25, 0.3) is 10.9 Å². The number of hydrogen-bond donors (Lipinski definition) is 0. The minimum Gasteiger partial charge on any atom is -0.303 e. The molecule has 3 nitrogen and oxygen atoms in total. The monoisotopic (exact) mass is 424 g/mol. The fourth-order valence-electron chi connectivity index (χ4n) is 1.87. The molecular weight excluding hydrogens is 414 g/mol. The standard InChI is InChI=1S/C11H11BrIN2OP/c1-7-5-10-9(6-14-15(10)17-13)11(12)8(7)3-2-4-16/h4-6,17H,2-3H2,1H3. The molecule has 1 aromatic carbocycles. The summed E-state index contributed by atoms with van der Waals surface area (Å²) in [5.74, 6) is 0. The van der Waals surface area contributed by atoms with Crippen molar-refractivity contribution < 1.29 is 4.79 Å². The van der Waals surface area contributed by atoms with Crippen LogP contribution in [0.3, 0.4) is 0 Å². The highest BCUT2D eigenvalue weighted by Gasteiger charge is 2.12. The van der Waals surface area contributed by atoms with Gasteiger partial charge in [0.25, 0.3) is 0 Å². The van der Waals surface area contributed by atoms with E-state index in [-0.39, 0.29) is 0 Å². The molecule has 1 aromatic heterocycles. The maximum Gasteiger partial charge on any atom is 0.120 e. The van der Waals surface area contributed by atoms with Crippen molar-refractivity contribution in [3.8, 4) is 0 Å². The van der Waals surface area contributed by atoms with Gasteiger partial charge in [-0.2, -0.15) is 5.10 Å². The SMILES string of the molecule is Cc1cc2c(cnn2PI)c(Br)c1CCC=O. The Morgan fingerprint density at radius 2 is 2.41 bits per heavy atom. The van der Waals surface area contributed by atoms with Gasteiger partial charge in [0, 0.05) is 16.3 Å². The Kier molecular flexibility index (Phi) is 4.55. The molecule has 0 N–H and O–H groups in total. The summed E-state index contributed by atoms with van der Waals surface area (Å²) >= 11 is 5.96. The van der Waals surface area contributed by atoms with Crippen molar-refractivity contribution in [1.82, 2.24) is 9.55 Å². The molecule has 90 valence electrons. The first-order valence-corrected chi connectivity index (χ1v) is 10.0. The first-order chi connectivity index (χ1) is 8.19. The molecule has 0 aliphatic carbocycles. The van der Waals surface area contributed by atoms with Gasteiger partial charge in [0.2, 0.25) is 0 Å². The Balaban J connectivity index is 2.59. The number of aryl methyl sites for hydroxylation is 1. The summed E-state index contributed by atoms with van der Waals surface area (Å²) in [7, 11) is 0. The van der Waals surface area contributed by atoms with Crippen LogP contribution >= 0.6 is 44.3 Å². The van der Waals surface area contributed by atoms with Crippen molar-refractivity contribution in [3.05, 3.63) is 27.9 Å². The molecule has 1 heterocycles. The van der Waals surface area contributed by atoms with Crippen LogP contribution < -0.4 is 0 Å². The Bertz CT molecular complexity index is 570. The Labute approximate surface area is 123 Å². The van der Waals surface area contributed by atoms with Gasteiger partial charge in [-0.3, -0.25) is 0 Å². The number of carbonyl (C=O) groups excluding carboxylic acids is 1. The molecule has 17 heavy (non-hydrogen) atoms. The lowest BCUT2D eigenvalue weighted by molar-refractivity contribution is -0.107. The van der Waals surface area contributed by atoms with Gasteiger partial charge < -0.3 is 4.79 Å². The van der Waals surface area contributed by atoms with Gasteiger partial charge in [-0.15, -0.1) is 0 Å². The third-order valence-electron chi connectivity index (χ3n) is 2.73. The van der Waals surface area contributed by atoms with Crippen molar-refractivity contribution in [2.75, 3.05) is 0 Å². The van der Waals surface area contributed by atoms with Gasteiger partial charge in [-0.05, 0) is 68.5 Å². The summed E-state index contributed by atoms with van der Waals surface area (Å²) in [5, 5.41) is 5.48. The maximum absolute atomic E-state index is 10.5. The molecule has 0 bridgehead atoms. The van der Waals surface area contributed by atoms with Crippen LogP contribution in [-0.2, 0) is 11.2 Å². The molecule has 0 saturated heterocycles. The lowest BCUT2D eigenvalue weighted by Gasteiger charge is -2.09. The molecule has 0 fully saturated rings. The number of fused-ring (bicyclic) bond motifs is 1. The molecule has 2 rings (SSSR count). The molecule has 0 amide bonds. The summed E-state index contributed by atoms with van der Waals surface area (Å²) in [4.78, 5) is 10.5. The van der Waals surface area contributed by atoms with E-state index in [0.717, 1.165) is 28.1 Å². The van der Waals surface area contributed by atoms with Crippen molar-refractivity contribution in [3.63, 3.8) is 0 Å². The van der Waals surface area contributed by atoms with Gasteiger partial charge >= 0.3 is 0 Å². The topological polar surface area (TPSA) is 34.9 Å². The maximum atomic E-state index is 10.5. The fourth-order valence-corrected chi connectivity index (χ4v) is 4.22. The molecule has 0 aliphatic rings. The normalized spacial score (nSPS) is 11.7. The molecule has 1 unspecified atom stereocenters. The highest BCUT2D eigenvalue weighted by molar-refractivity contribution is 14.2. The Morgan fingerprint density at radius 1 is 1.65 bits per heavy atom. The minimum absolute atomic E-state index is 0.563. The van der Waals surface area contributed by atoms with E-state index in [2.05, 4.69) is 56.1 Å². The van der Waals surface area contributed by atoms with Crippen LogP contribution in [-0.4, -0.2) is 15.8 Å². The number of nitrogens with zero attached hydrogens (tertiary/aromatic N) is 2. The number of carbonyl (C=O) groups is 1. The molecule has 0 radical (unpaired) electrons. The van der Waals surface area contributed by atoms with E-state index in [1.54, 1.807) is 0 Å². The molecule has 2 aromatic rings. The van der Waals surface area contributed by atoms with Crippen LogP contribution in [0, 0.1) is 6.92 Å². The molecule has 0 aliphatic heterocycles. The second-order valence-electron chi connectivity index (χ2n) is 3.77. The largest absolute Gasteiger partial charge is 0.303 e. The van der Waals surface area contributed by atoms with Gasteiger partial charge in [0.05, 0.1) is 18.1 Å². The van der Waals surface area contributed by atoms with Crippen LogP contribution in [0.5, 0.6) is 0 Å². The van der Waals surface area contributed by atoms with Crippen molar-refractivity contribution in [2.24, 2.45) is 0 Å². The second-order valence-corrected chi connectivity index (χ2v) is 6.60. The van der Waals surface area contributed by atoms with Crippen LogP contribution in [0.2, 0.25) is 0 Å². The molecule has 6 heteroatoms. The van der Waals surface area contributed by atoms with E-state index in [4.69, 9.17) is 0 Å². The van der Waals surface area contributed by atoms with Crippen LogP contribution in [0.1, 0.15) is 17.5 Å². The summed E-state index contributed by atoms with van der Waals surface area (Å²) in [6.07, 6.45) is 4.79. The van der Waals surface area contributed by atoms with Crippen LogP contribution in [0.4, 0.5) is 0 Å². The summed E-state index contributed by atoms with van der Waals surface area (Å²) in [5.41, 5.74) is 3.57. The average Bonchev–Trinajstić information content (AvgIpc) is 2.72. The van der Waals surface area contributed by atoms with Gasteiger partial charge in [-0.25, -0.2) is 4.45 Å². The lowest BCUT2D eigenvalue weighted by atomic mass is 10.0. The summed E-state index contributed by atoms with van der Waals surface area (Å²) < 4.78 is 3.08. The van der Waals surface area contributed by atoms with Gasteiger partial charge in [-0.1, -0.05) is 0 Å². The highest BCUT2D eigenvalue weighted by Crippen LogP contribution is 2.35. The first-order valence-electron chi connectivity index (χ1n) is 5.15. The zero-order chi connectivity index (χ0) is 12.4. The third-order valence-corrected chi connectivity index (χ3v) is 5.52. The fraction of sp³-hybridized carbons (Fsp3) is 0.273. The summed E-state index contributed by atoms with van der Waals surface area (Å²) in [6, 6.07) is 2.15. The van der Waals surface area contributed by atoms with E-state index < -0.39 is 0 Å². The number of aromatic nitrogens is 2. The average molecular weight is 425 g/mol. The number of benzene rings is 1. The Hall–Kier alpha value is -0.000000000000000167. The lowest BCUT2D eigenvalue weighted by Crippen LogP contribution is -1.94. The van der Waals surface area contributed by atoms with Crippen molar-refractivity contribution >= 4 is 61.5 Å². The predicted octanol–water partition coefficient (Wildman–Crippen LogP) is 4.03. The number of hydrogen-bond acceptors (Lipinski definition) is 2. The number of rotatable bonds is 4. The number of aldehydes is 1. The van der Waals surface area contributed by atoms with E-state index in [1.165, 1.54) is 11.1 Å². The third kappa shape index (κ3) is 2.56. The van der Waals surface area contributed by atoms with E-state index in [9.17, 15) is 4.79 Å². The van der Waals surface area contributed by atoms with E-state index >= 15 is 0 Å². The number of halogens is 2. The predicted molar refractivity (Wildman–Crippen MR) is 84.3 cm³/mol. The Morgan fingerprint density at radius 3 is 3.06 bits per heavy atom. The first kappa shape index (κ1) is 13.4. The molecular formula is C11H11BrIN2OP. The highest BCUT2D eigenvalue weighted by atomic mass is 127. The van der Waals surface area contributed by atoms with E-state index in [0.29, 0.717) is 12.8 Å². The van der Waals surface area contributed by atoms with Gasteiger partial charge in [0.1, 0.15) is 6.29 Å². The van der Waals surface area contributed by atoms with Crippen molar-refractivity contribution in [1.29, 1.82) is 0 Å². The smallest absolute Gasteiger partial charge is 0.120 e. The zero-order valence-electron chi connectivity index (χ0n) is 9.20. The van der Waals surface area contributed by atoms with E-state index in [1.807, 2.05) is 10.6 Å². The van der Waals surface area contributed by atoms with Crippen molar-refractivity contribution in [2.45, 2.75) is 19.8 Å². The minimum atomic E-state index is 0.563. The molecule has 1 atom stereocenters. The van der Waals surface area contributed by atoms with Crippen LogP contribution in [0.15, 0.2) is 16.7 Å². The zero-order valence-corrected chi connectivity index (χ0v) is 13.9. The summed E-state index contributed by atoms with van der Waals surface area (Å²) in [6.45, 7) is 2.08. The van der Waals surface area contributed by atoms with Gasteiger partial charge in [0.15, 0.2) is 0 Å². The molecule has 0 saturated carbocycles. The quantitative estimate of drug-likeness (QED) is 0.422. The molecule has 0 spiro atoms. The second kappa shape index (κ2) is 5.76.